The topological polar surface area (TPSA) is 183 Å². The number of aliphatic hydroxyl groups excluding tert-OH is 2. The Bertz CT molecular complexity index is 2340. The maximum atomic E-state index is 15.2. The number of amides is 1. The van der Waals surface area contributed by atoms with Crippen LogP contribution in [-0.2, 0) is 20.9 Å². The number of fused-ring (bicyclic) bond motifs is 3. The Morgan fingerprint density at radius 1 is 0.984 bits per heavy atom. The summed E-state index contributed by atoms with van der Waals surface area (Å²) in [5, 5.41) is 49.3. The fourth-order valence-corrected chi connectivity index (χ4v) is 10.3. The van der Waals surface area contributed by atoms with E-state index in [1.807, 2.05) is 42.5 Å². The zero-order valence-corrected chi connectivity index (χ0v) is 36.0. The van der Waals surface area contributed by atoms with Crippen molar-refractivity contribution in [2.24, 2.45) is 22.9 Å². The second kappa shape index (κ2) is 20.4. The number of hydrogen-bond acceptors (Lipinski definition) is 12. The molecule has 3 N–H and O–H groups in total. The van der Waals surface area contributed by atoms with Crippen molar-refractivity contribution in [2.75, 3.05) is 26.4 Å². The third-order valence-electron chi connectivity index (χ3n) is 13.2. The molecule has 4 aromatic carbocycles. The molecule has 1 saturated heterocycles. The molecule has 2 aliphatic carbocycles. The average Bonchev–Trinajstić information content (AvgIpc) is 3.31. The van der Waals surface area contributed by atoms with Crippen molar-refractivity contribution in [3.05, 3.63) is 130 Å². The van der Waals surface area contributed by atoms with Gasteiger partial charge in [-0.25, -0.2) is 4.79 Å². The second-order valence-electron chi connectivity index (χ2n) is 17.1. The number of aliphatic hydroxyl groups is 2. The molecule has 64 heavy (non-hydrogen) atoms. The minimum Gasteiger partial charge on any atom is -0.508 e. The number of hydrogen-bond donors (Lipinski definition) is 3. The second-order valence-corrected chi connectivity index (χ2v) is 17.1. The number of ether oxygens (including phenoxy) is 4. The van der Waals surface area contributed by atoms with Crippen LogP contribution in [0.1, 0.15) is 81.3 Å². The predicted molar refractivity (Wildman–Crippen MR) is 240 cm³/mol. The SMILES string of the molecule is C=CCOC12Oc3ccc(O)cc3C3C(CCCCO)C(CCCCO)C=C(C(=NOC4CCCCO4)CC1N(Cc1cccc4ccccc14)C(=O)Oc1ccc([N+](=O)[O-])cc1)C32. The van der Waals surface area contributed by atoms with Gasteiger partial charge in [0.15, 0.2) is 0 Å². The van der Waals surface area contributed by atoms with E-state index in [2.05, 4.69) is 12.7 Å². The molecule has 7 atom stereocenters. The summed E-state index contributed by atoms with van der Waals surface area (Å²) in [7, 11) is 0. The van der Waals surface area contributed by atoms with Crippen LogP contribution in [0.2, 0.25) is 0 Å². The van der Waals surface area contributed by atoms with E-state index in [0.29, 0.717) is 37.3 Å². The van der Waals surface area contributed by atoms with E-state index in [4.69, 9.17) is 28.9 Å². The van der Waals surface area contributed by atoms with Gasteiger partial charge in [-0.3, -0.25) is 15.0 Å². The van der Waals surface area contributed by atoms with E-state index in [1.54, 1.807) is 29.2 Å². The van der Waals surface area contributed by atoms with Crippen molar-refractivity contribution in [1.29, 1.82) is 0 Å². The van der Waals surface area contributed by atoms with Gasteiger partial charge in [-0.15, -0.1) is 6.58 Å². The number of non-ortho nitro benzene ring substituents is 1. The number of nitro benzene ring substituents is 1. The molecule has 4 aromatic rings. The number of carbonyl (C=O) groups is 1. The minimum absolute atomic E-state index is 0.00142. The molecule has 2 fully saturated rings. The molecule has 7 unspecified atom stereocenters. The molecule has 338 valence electrons. The molecule has 1 saturated carbocycles. The van der Waals surface area contributed by atoms with Crippen LogP contribution in [0.15, 0.2) is 114 Å². The van der Waals surface area contributed by atoms with Crippen LogP contribution in [0.3, 0.4) is 0 Å². The van der Waals surface area contributed by atoms with Gasteiger partial charge >= 0.3 is 6.09 Å². The number of allylic oxidation sites excluding steroid dienone is 1. The van der Waals surface area contributed by atoms with Crippen molar-refractivity contribution >= 4 is 28.3 Å². The molecule has 8 rings (SSSR count). The van der Waals surface area contributed by atoms with Gasteiger partial charge in [0.2, 0.25) is 12.1 Å². The summed E-state index contributed by atoms with van der Waals surface area (Å²) >= 11 is 0. The normalized spacial score (nSPS) is 25.3. The van der Waals surface area contributed by atoms with Gasteiger partial charge in [-0.05, 0) is 103 Å². The largest absolute Gasteiger partial charge is 0.508 e. The first kappa shape index (κ1) is 44.8. The minimum atomic E-state index is -1.60. The lowest BCUT2D eigenvalue weighted by atomic mass is 9.55. The number of unbranched alkanes of at least 4 members (excludes halogenated alkanes) is 2. The number of oxime groups is 1. The van der Waals surface area contributed by atoms with Gasteiger partial charge in [0.05, 0.1) is 36.3 Å². The maximum absolute atomic E-state index is 15.2. The standard InChI is InChI=1S/C50H57N3O11/c1-2-27-61-50-45(52(32-35-15-11-14-33-12-3-4-16-39(33)35)49(57)62-38-22-19-36(20-23-38)53(58)59)31-43(51-64-46-18-7-10-28-60-46)41-29-34(13-5-8-25-54)40(17-6-9-26-55)47(48(41)50)42-30-37(56)21-24-44(42)63-50/h2-4,11-12,14-16,19-24,29-30,34,40,45-48,54-56H,1,5-10,13,17-18,25-28,31-32H2. The average molecular weight is 876 g/mol. The van der Waals surface area contributed by atoms with E-state index in [9.17, 15) is 25.4 Å². The highest BCUT2D eigenvalue weighted by Gasteiger charge is 2.66. The maximum Gasteiger partial charge on any atom is 0.416 e. The fraction of sp³-hybridized carbons (Fsp3) is 0.440. The lowest BCUT2D eigenvalue weighted by Crippen LogP contribution is -2.70. The lowest BCUT2D eigenvalue weighted by Gasteiger charge is -2.59. The number of benzene rings is 4. The zero-order chi connectivity index (χ0) is 44.6. The number of phenols is 1. The van der Waals surface area contributed by atoms with Crippen molar-refractivity contribution in [3.8, 4) is 17.2 Å². The van der Waals surface area contributed by atoms with Crippen LogP contribution in [0.5, 0.6) is 17.2 Å². The highest BCUT2D eigenvalue weighted by molar-refractivity contribution is 6.03. The van der Waals surface area contributed by atoms with Gasteiger partial charge in [0.1, 0.15) is 23.3 Å². The summed E-state index contributed by atoms with van der Waals surface area (Å²) < 4.78 is 26.5. The van der Waals surface area contributed by atoms with E-state index in [-0.39, 0.29) is 67.7 Å². The van der Waals surface area contributed by atoms with E-state index < -0.39 is 35.1 Å². The monoisotopic (exact) mass is 875 g/mol. The summed E-state index contributed by atoms with van der Waals surface area (Å²) in [6.45, 7) is 4.78. The first-order valence-electron chi connectivity index (χ1n) is 22.5. The molecule has 0 bridgehead atoms. The smallest absolute Gasteiger partial charge is 0.416 e. The number of carbonyl (C=O) groups excluding carboxylic acids is 1. The van der Waals surface area contributed by atoms with Gasteiger partial charge in [-0.2, -0.15) is 0 Å². The molecule has 14 nitrogen and oxygen atoms in total. The third kappa shape index (κ3) is 9.37. The van der Waals surface area contributed by atoms with Crippen LogP contribution in [0.25, 0.3) is 10.8 Å². The Morgan fingerprint density at radius 2 is 1.77 bits per heavy atom. The predicted octanol–water partition coefficient (Wildman–Crippen LogP) is 9.32. The Kier molecular flexibility index (Phi) is 14.2. The third-order valence-corrected chi connectivity index (χ3v) is 13.2. The Balaban J connectivity index is 1.34. The van der Waals surface area contributed by atoms with Gasteiger partial charge in [-0.1, -0.05) is 72.6 Å². The summed E-state index contributed by atoms with van der Waals surface area (Å²) in [6, 6.07) is 23.4. The number of nitrogens with zero attached hydrogens (tertiary/aromatic N) is 3. The molecule has 0 spiro atoms. The van der Waals surface area contributed by atoms with Crippen LogP contribution >= 0.6 is 0 Å². The number of phenolic OH excluding ortho intramolecular Hbond substituents is 1. The Labute approximate surface area is 372 Å². The summed E-state index contributed by atoms with van der Waals surface area (Å²) in [6.07, 6.45) is 9.47. The molecule has 4 aliphatic rings. The van der Waals surface area contributed by atoms with Crippen LogP contribution in [0, 0.1) is 27.9 Å². The molecule has 0 aromatic heterocycles. The number of aromatic hydroxyl groups is 1. The van der Waals surface area contributed by atoms with E-state index in [0.717, 1.165) is 66.0 Å². The first-order valence-corrected chi connectivity index (χ1v) is 22.5. The molecule has 1 amide bonds. The van der Waals surface area contributed by atoms with E-state index in [1.165, 1.54) is 24.3 Å². The number of rotatable bonds is 18. The van der Waals surface area contributed by atoms with Crippen molar-refractivity contribution in [2.45, 2.75) is 94.8 Å². The van der Waals surface area contributed by atoms with Crippen LogP contribution < -0.4 is 9.47 Å². The van der Waals surface area contributed by atoms with Crippen molar-refractivity contribution < 1.29 is 48.8 Å². The van der Waals surface area contributed by atoms with Crippen molar-refractivity contribution in [3.63, 3.8) is 0 Å². The van der Waals surface area contributed by atoms with Gasteiger partial charge in [0, 0.05) is 49.7 Å². The van der Waals surface area contributed by atoms with Crippen LogP contribution in [-0.4, -0.2) is 81.5 Å². The van der Waals surface area contributed by atoms with Crippen LogP contribution in [0.4, 0.5) is 10.5 Å². The summed E-state index contributed by atoms with van der Waals surface area (Å²) in [5.74, 6) is -1.93. The zero-order valence-electron chi connectivity index (χ0n) is 36.0. The van der Waals surface area contributed by atoms with E-state index >= 15 is 4.79 Å². The molecular weight excluding hydrogens is 819 g/mol. The molecule has 2 aliphatic heterocycles. The molecular formula is C50H57N3O11. The molecule has 0 radical (unpaired) electrons. The molecule has 14 heteroatoms. The van der Waals surface area contributed by atoms with Gasteiger partial charge < -0.3 is 39.1 Å². The molecule has 2 heterocycles. The number of nitro groups is 1. The quantitative estimate of drug-likeness (QED) is 0.0375. The lowest BCUT2D eigenvalue weighted by molar-refractivity contribution is -0.384. The highest BCUT2D eigenvalue weighted by atomic mass is 16.8. The Morgan fingerprint density at radius 3 is 2.52 bits per heavy atom. The van der Waals surface area contributed by atoms with Gasteiger partial charge in [0.25, 0.3) is 5.69 Å². The first-order chi connectivity index (χ1) is 31.2. The van der Waals surface area contributed by atoms with Crippen molar-refractivity contribution in [1.82, 2.24) is 4.90 Å². The Hall–Kier alpha value is -5.80. The summed E-state index contributed by atoms with van der Waals surface area (Å²) in [4.78, 5) is 34.1. The highest BCUT2D eigenvalue weighted by Crippen LogP contribution is 2.62. The fourth-order valence-electron chi connectivity index (χ4n) is 10.3. The summed E-state index contributed by atoms with van der Waals surface area (Å²) in [5.41, 5.74) is 2.91.